The number of rotatable bonds is 4. The van der Waals surface area contributed by atoms with Crippen LogP contribution in [-0.2, 0) is 16.9 Å². The third-order valence-corrected chi connectivity index (χ3v) is 4.95. The highest BCUT2D eigenvalue weighted by Crippen LogP contribution is 2.61. The van der Waals surface area contributed by atoms with E-state index < -0.39 is 5.54 Å². The van der Waals surface area contributed by atoms with Gasteiger partial charge >= 0.3 is 0 Å². The first-order valence-electron chi connectivity index (χ1n) is 7.01. The maximum absolute atomic E-state index is 12.4. The van der Waals surface area contributed by atoms with Gasteiger partial charge in [0.2, 0.25) is 5.91 Å². The van der Waals surface area contributed by atoms with E-state index >= 15 is 0 Å². The number of nitrogens with zero attached hydrogens (tertiary/aromatic N) is 5. The van der Waals surface area contributed by atoms with Gasteiger partial charge in [-0.1, -0.05) is 30.7 Å². The van der Waals surface area contributed by atoms with Crippen molar-refractivity contribution in [2.45, 2.75) is 46.2 Å². The molecule has 1 aliphatic rings. The molecule has 0 spiro atoms. The third-order valence-electron chi connectivity index (χ3n) is 4.40. The second kappa shape index (κ2) is 4.77. The largest absolute Gasteiger partial charge is 0.341 e. The molecule has 2 aromatic heterocycles. The molecule has 2 heterocycles. The number of tetrazole rings is 1. The summed E-state index contributed by atoms with van der Waals surface area (Å²) in [5.74, 6) is 0.356. The molecule has 2 N–H and O–H groups in total. The molecule has 1 fully saturated rings. The first-order valence-corrected chi connectivity index (χ1v) is 7.39. The zero-order chi connectivity index (χ0) is 16.1. The third kappa shape index (κ3) is 2.18. The molecule has 0 saturated heterocycles. The minimum Gasteiger partial charge on any atom is -0.341 e. The van der Waals surface area contributed by atoms with E-state index in [1.807, 2.05) is 13.8 Å². The number of hydrogen-bond acceptors (Lipinski definition) is 5. The molecule has 1 amide bonds. The Morgan fingerprint density at radius 2 is 2.14 bits per heavy atom. The molecule has 118 valence electrons. The average Bonchev–Trinajstić information content (AvgIpc) is 2.84. The molecule has 0 bridgehead atoms. The fourth-order valence-corrected chi connectivity index (χ4v) is 2.99. The van der Waals surface area contributed by atoms with Gasteiger partial charge in [-0.15, -0.1) is 10.2 Å². The summed E-state index contributed by atoms with van der Waals surface area (Å²) in [4.78, 5) is 12.4. The van der Waals surface area contributed by atoms with E-state index in [2.05, 4.69) is 44.9 Å². The van der Waals surface area contributed by atoms with E-state index in [0.29, 0.717) is 16.5 Å². The van der Waals surface area contributed by atoms with Gasteiger partial charge < -0.3 is 5.32 Å². The van der Waals surface area contributed by atoms with Gasteiger partial charge in [0.25, 0.3) is 0 Å². The van der Waals surface area contributed by atoms with Gasteiger partial charge in [-0.05, 0) is 25.7 Å². The lowest BCUT2D eigenvalue weighted by molar-refractivity contribution is -0.123. The molecule has 1 saturated carbocycles. The second-order valence-corrected chi connectivity index (χ2v) is 6.77. The van der Waals surface area contributed by atoms with Gasteiger partial charge in [0, 0.05) is 0 Å². The van der Waals surface area contributed by atoms with Crippen LogP contribution in [0.3, 0.4) is 0 Å². The Kier molecular flexibility index (Phi) is 3.24. The molecule has 1 aliphatic carbocycles. The predicted octanol–water partition coefficient (Wildman–Crippen LogP) is 1.11. The number of carbonyl (C=O) groups is 1. The molecule has 0 aliphatic heterocycles. The summed E-state index contributed by atoms with van der Waals surface area (Å²) in [6.45, 7) is 7.88. The molecule has 1 unspecified atom stereocenters. The van der Waals surface area contributed by atoms with Crippen LogP contribution in [0.1, 0.15) is 37.5 Å². The molecule has 1 atom stereocenters. The summed E-state index contributed by atoms with van der Waals surface area (Å²) in [7, 11) is 0. The normalized spacial score (nSPS) is 22.6. The lowest BCUT2D eigenvalue weighted by Gasteiger charge is -2.19. The number of nitrogens with one attached hydrogen (secondary N) is 2. The van der Waals surface area contributed by atoms with Crippen LogP contribution in [0.5, 0.6) is 0 Å². The number of carbonyl (C=O) groups excluding carboxylic acids is 1. The van der Waals surface area contributed by atoms with Crippen LogP contribution >= 0.6 is 11.6 Å². The molecular weight excluding hydrogens is 306 g/mol. The summed E-state index contributed by atoms with van der Waals surface area (Å²) in [5.41, 5.74) is 0.806. The second-order valence-electron chi connectivity index (χ2n) is 6.39. The van der Waals surface area contributed by atoms with E-state index in [1.165, 1.54) is 0 Å². The van der Waals surface area contributed by atoms with Crippen molar-refractivity contribution >= 4 is 17.5 Å². The van der Waals surface area contributed by atoms with Crippen molar-refractivity contribution in [2.75, 3.05) is 0 Å². The van der Waals surface area contributed by atoms with Crippen LogP contribution in [0, 0.1) is 19.3 Å². The molecule has 3 rings (SSSR count). The monoisotopic (exact) mass is 323 g/mol. The Balaban J connectivity index is 1.78. The minimum absolute atomic E-state index is 0.106. The summed E-state index contributed by atoms with van der Waals surface area (Å²) < 4.78 is 1.60. The Hall–Kier alpha value is -1.96. The molecule has 8 nitrogen and oxygen atoms in total. The Morgan fingerprint density at radius 3 is 2.59 bits per heavy atom. The van der Waals surface area contributed by atoms with Crippen molar-refractivity contribution in [3.8, 4) is 0 Å². The van der Waals surface area contributed by atoms with Crippen molar-refractivity contribution in [2.24, 2.45) is 5.41 Å². The zero-order valence-electron chi connectivity index (χ0n) is 12.9. The molecule has 22 heavy (non-hydrogen) atoms. The van der Waals surface area contributed by atoms with Gasteiger partial charge in [-0.3, -0.25) is 9.48 Å². The van der Waals surface area contributed by atoms with Crippen molar-refractivity contribution < 1.29 is 4.79 Å². The average molecular weight is 324 g/mol. The first kappa shape index (κ1) is 15.0. The maximum atomic E-state index is 12.4. The highest BCUT2D eigenvalue weighted by Gasteiger charge is 2.66. The maximum Gasteiger partial charge on any atom is 0.242 e. The van der Waals surface area contributed by atoms with Crippen LogP contribution < -0.4 is 5.32 Å². The van der Waals surface area contributed by atoms with E-state index in [1.54, 1.807) is 4.68 Å². The van der Waals surface area contributed by atoms with Gasteiger partial charge in [-0.25, -0.2) is 0 Å². The molecule has 2 aromatic rings. The van der Waals surface area contributed by atoms with E-state index in [9.17, 15) is 4.79 Å². The van der Waals surface area contributed by atoms with Crippen LogP contribution in [0.15, 0.2) is 0 Å². The summed E-state index contributed by atoms with van der Waals surface area (Å²) in [6.07, 6.45) is 0.767. The minimum atomic E-state index is -0.572. The van der Waals surface area contributed by atoms with Gasteiger partial charge in [0.1, 0.15) is 12.1 Å². The number of halogens is 1. The number of hydrogen-bond donors (Lipinski definition) is 2. The summed E-state index contributed by atoms with van der Waals surface area (Å²) in [6, 6.07) is 0. The Morgan fingerprint density at radius 1 is 1.45 bits per heavy atom. The van der Waals surface area contributed by atoms with Gasteiger partial charge in [0.15, 0.2) is 5.82 Å². The van der Waals surface area contributed by atoms with Crippen LogP contribution in [0.25, 0.3) is 0 Å². The van der Waals surface area contributed by atoms with Crippen molar-refractivity contribution in [3.63, 3.8) is 0 Å². The smallest absolute Gasteiger partial charge is 0.242 e. The van der Waals surface area contributed by atoms with Crippen LogP contribution in [-0.4, -0.2) is 36.3 Å². The zero-order valence-corrected chi connectivity index (χ0v) is 13.7. The topological polar surface area (TPSA) is 101 Å². The van der Waals surface area contributed by atoms with Crippen molar-refractivity contribution in [1.82, 2.24) is 35.7 Å². The van der Waals surface area contributed by atoms with E-state index in [4.69, 9.17) is 11.6 Å². The summed E-state index contributed by atoms with van der Waals surface area (Å²) >= 11 is 6.11. The molecule has 0 aromatic carbocycles. The summed E-state index contributed by atoms with van der Waals surface area (Å²) in [5, 5.41) is 22.0. The highest BCUT2D eigenvalue weighted by atomic mass is 35.5. The lowest BCUT2D eigenvalue weighted by Crippen LogP contribution is -2.41. The standard InChI is InChI=1S/C13H18ClN7O/c1-7-10(14)8(2)21(18-7)5-9(22)15-13(6-12(13,3)4)11-16-19-20-17-11/h5-6H2,1-4H3,(H,15,22)(H,16,17,19,20). The first-order chi connectivity index (χ1) is 10.3. The van der Waals surface area contributed by atoms with Gasteiger partial charge in [-0.2, -0.15) is 10.3 Å². The van der Waals surface area contributed by atoms with Crippen molar-refractivity contribution in [1.29, 1.82) is 0 Å². The fourth-order valence-electron chi connectivity index (χ4n) is 2.85. The molecule has 9 heteroatoms. The van der Waals surface area contributed by atoms with Gasteiger partial charge in [0.05, 0.1) is 16.4 Å². The predicted molar refractivity (Wildman–Crippen MR) is 79.1 cm³/mol. The fraction of sp³-hybridized carbons (Fsp3) is 0.615. The number of aryl methyl sites for hydroxylation is 1. The Bertz CT molecular complexity index is 721. The molecule has 0 radical (unpaired) electrons. The number of aromatic amines is 1. The highest BCUT2D eigenvalue weighted by molar-refractivity contribution is 6.31. The van der Waals surface area contributed by atoms with Crippen LogP contribution in [0.4, 0.5) is 0 Å². The number of amides is 1. The Labute approximate surface area is 132 Å². The number of H-pyrrole nitrogens is 1. The van der Waals surface area contributed by atoms with Crippen LogP contribution in [0.2, 0.25) is 5.02 Å². The van der Waals surface area contributed by atoms with Crippen molar-refractivity contribution in [3.05, 3.63) is 22.2 Å². The van der Waals surface area contributed by atoms with E-state index in [-0.39, 0.29) is 17.9 Å². The van der Waals surface area contributed by atoms with E-state index in [0.717, 1.165) is 12.1 Å². The lowest BCUT2D eigenvalue weighted by atomic mass is 10.0. The quantitative estimate of drug-likeness (QED) is 0.877. The number of aromatic nitrogens is 6. The SMILES string of the molecule is Cc1nn(CC(=O)NC2(c3nn[nH]n3)CC2(C)C)c(C)c1Cl. The molecular formula is C13H18ClN7O.